The average Bonchev–Trinajstić information content (AvgIpc) is 3.47. The first-order chi connectivity index (χ1) is 14.2. The summed E-state index contributed by atoms with van der Waals surface area (Å²) in [4.78, 5) is 7.87. The van der Waals surface area contributed by atoms with Gasteiger partial charge in [-0.25, -0.2) is 0 Å². The van der Waals surface area contributed by atoms with Crippen LogP contribution >= 0.6 is 11.6 Å². The van der Waals surface area contributed by atoms with Crippen LogP contribution in [0.25, 0.3) is 17.1 Å². The van der Waals surface area contributed by atoms with Gasteiger partial charge in [0.05, 0.1) is 11.7 Å². The molecular weight excluding hydrogens is 390 g/mol. The SMILES string of the molecule is Cn1c(-c2cccnc2)nnc1N1CCC[C@@H]1c1nnn(-c2cccc(Cl)c2)n1. The van der Waals surface area contributed by atoms with Crippen LogP contribution in [0.5, 0.6) is 0 Å². The molecule has 0 saturated carbocycles. The first kappa shape index (κ1) is 17.7. The van der Waals surface area contributed by atoms with E-state index in [1.807, 2.05) is 48.0 Å². The van der Waals surface area contributed by atoms with Crippen molar-refractivity contribution in [1.82, 2.24) is 40.0 Å². The second-order valence-corrected chi connectivity index (χ2v) is 7.33. The summed E-state index contributed by atoms with van der Waals surface area (Å²) in [6.07, 6.45) is 5.47. The molecule has 1 saturated heterocycles. The molecule has 4 heterocycles. The van der Waals surface area contributed by atoms with E-state index in [-0.39, 0.29) is 6.04 Å². The third-order valence-corrected chi connectivity index (χ3v) is 5.28. The number of aromatic nitrogens is 8. The summed E-state index contributed by atoms with van der Waals surface area (Å²) < 4.78 is 1.98. The van der Waals surface area contributed by atoms with Crippen molar-refractivity contribution >= 4 is 17.5 Å². The first-order valence-corrected chi connectivity index (χ1v) is 9.71. The second-order valence-electron chi connectivity index (χ2n) is 6.89. The summed E-state index contributed by atoms with van der Waals surface area (Å²) in [5.74, 6) is 2.22. The molecule has 5 rings (SSSR count). The number of tetrazole rings is 1. The van der Waals surface area contributed by atoms with Gasteiger partial charge in [-0.15, -0.1) is 25.2 Å². The van der Waals surface area contributed by atoms with E-state index in [0.29, 0.717) is 10.8 Å². The van der Waals surface area contributed by atoms with E-state index in [9.17, 15) is 0 Å². The predicted octanol–water partition coefficient (Wildman–Crippen LogP) is 2.85. The van der Waals surface area contributed by atoms with Gasteiger partial charge >= 0.3 is 0 Å². The van der Waals surface area contributed by atoms with Crippen LogP contribution in [-0.4, -0.2) is 46.5 Å². The van der Waals surface area contributed by atoms with Crippen molar-refractivity contribution in [2.75, 3.05) is 11.4 Å². The fraction of sp³-hybridized carbons (Fsp3) is 0.263. The second kappa shape index (κ2) is 7.25. The van der Waals surface area contributed by atoms with Crippen LogP contribution in [0.15, 0.2) is 48.8 Å². The highest BCUT2D eigenvalue weighted by Gasteiger charge is 2.33. The fourth-order valence-electron chi connectivity index (χ4n) is 3.66. The molecule has 0 spiro atoms. The minimum absolute atomic E-state index is 0.00687. The van der Waals surface area contributed by atoms with Crippen molar-refractivity contribution in [3.63, 3.8) is 0 Å². The molecule has 0 radical (unpaired) electrons. The van der Waals surface area contributed by atoms with Crippen LogP contribution in [0.2, 0.25) is 5.02 Å². The highest BCUT2D eigenvalue weighted by Crippen LogP contribution is 2.34. The lowest BCUT2D eigenvalue weighted by atomic mass is 10.2. The topological polar surface area (TPSA) is 90.4 Å². The molecule has 1 fully saturated rings. The number of hydrogen-bond donors (Lipinski definition) is 0. The minimum atomic E-state index is -0.00687. The summed E-state index contributed by atoms with van der Waals surface area (Å²) in [5.41, 5.74) is 1.70. The average molecular weight is 408 g/mol. The number of hydrogen-bond acceptors (Lipinski definition) is 7. The predicted molar refractivity (Wildman–Crippen MR) is 108 cm³/mol. The summed E-state index contributed by atoms with van der Waals surface area (Å²) in [6.45, 7) is 0.857. The van der Waals surface area contributed by atoms with Gasteiger partial charge in [-0.05, 0) is 48.4 Å². The van der Waals surface area contributed by atoms with Gasteiger partial charge < -0.3 is 4.90 Å². The normalized spacial score (nSPS) is 16.5. The fourth-order valence-corrected chi connectivity index (χ4v) is 3.84. The van der Waals surface area contributed by atoms with E-state index >= 15 is 0 Å². The molecule has 29 heavy (non-hydrogen) atoms. The lowest BCUT2D eigenvalue weighted by Crippen LogP contribution is -2.26. The maximum atomic E-state index is 6.08. The molecule has 10 heteroatoms. The van der Waals surface area contributed by atoms with E-state index in [1.54, 1.807) is 12.4 Å². The number of nitrogens with zero attached hydrogens (tertiary/aromatic N) is 9. The molecule has 3 aromatic heterocycles. The monoisotopic (exact) mass is 407 g/mol. The number of anilines is 1. The maximum absolute atomic E-state index is 6.08. The van der Waals surface area contributed by atoms with E-state index in [1.165, 1.54) is 4.80 Å². The Balaban J connectivity index is 1.45. The smallest absolute Gasteiger partial charge is 0.227 e. The van der Waals surface area contributed by atoms with Crippen molar-refractivity contribution in [2.24, 2.45) is 7.05 Å². The summed E-state index contributed by atoms with van der Waals surface area (Å²) >= 11 is 6.08. The van der Waals surface area contributed by atoms with Gasteiger partial charge in [0.1, 0.15) is 0 Å². The molecule has 1 aromatic carbocycles. The van der Waals surface area contributed by atoms with Gasteiger partial charge in [0.15, 0.2) is 11.6 Å². The Bertz CT molecular complexity index is 1140. The van der Waals surface area contributed by atoms with Crippen molar-refractivity contribution < 1.29 is 0 Å². The van der Waals surface area contributed by atoms with Gasteiger partial charge in [0.25, 0.3) is 0 Å². The van der Waals surface area contributed by atoms with Crippen molar-refractivity contribution in [1.29, 1.82) is 0 Å². The van der Waals surface area contributed by atoms with Crippen LogP contribution in [0.4, 0.5) is 5.95 Å². The molecular formula is C19H18ClN9. The Hall–Kier alpha value is -3.33. The Labute approximate surface area is 172 Å². The molecule has 0 aliphatic carbocycles. The third kappa shape index (κ3) is 3.23. The molecule has 1 atom stereocenters. The van der Waals surface area contributed by atoms with Crippen molar-refractivity contribution in [2.45, 2.75) is 18.9 Å². The highest BCUT2D eigenvalue weighted by molar-refractivity contribution is 6.30. The van der Waals surface area contributed by atoms with Crippen molar-refractivity contribution in [3.05, 3.63) is 59.6 Å². The number of halogens is 1. The van der Waals surface area contributed by atoms with Crippen LogP contribution < -0.4 is 4.90 Å². The van der Waals surface area contributed by atoms with E-state index in [4.69, 9.17) is 11.6 Å². The molecule has 4 aromatic rings. The lowest BCUT2D eigenvalue weighted by Gasteiger charge is -2.22. The third-order valence-electron chi connectivity index (χ3n) is 5.05. The summed E-state index contributed by atoms with van der Waals surface area (Å²) in [6, 6.07) is 11.2. The zero-order valence-electron chi connectivity index (χ0n) is 15.7. The highest BCUT2D eigenvalue weighted by atomic mass is 35.5. The van der Waals surface area contributed by atoms with E-state index in [0.717, 1.165) is 42.4 Å². The van der Waals surface area contributed by atoms with E-state index in [2.05, 4.69) is 35.5 Å². The molecule has 0 amide bonds. The number of rotatable bonds is 4. The summed E-state index contributed by atoms with van der Waals surface area (Å²) in [5, 5.41) is 22.6. The van der Waals surface area contributed by atoms with Crippen LogP contribution in [0, 0.1) is 0 Å². The largest absolute Gasteiger partial charge is 0.330 e. The molecule has 146 valence electrons. The zero-order valence-corrected chi connectivity index (χ0v) is 16.5. The Kier molecular flexibility index (Phi) is 4.44. The molecule has 0 bridgehead atoms. The standard InChI is InChI=1S/C19H18ClN9/c1-27-18(13-5-3-9-21-12-13)23-24-19(27)28-10-4-8-16(28)17-22-26-29(25-17)15-7-2-6-14(20)11-15/h2-3,5-7,9,11-12,16H,4,8,10H2,1H3/t16-/m1/s1. The Morgan fingerprint density at radius 3 is 2.86 bits per heavy atom. The summed E-state index contributed by atoms with van der Waals surface area (Å²) in [7, 11) is 1.96. The minimum Gasteiger partial charge on any atom is -0.330 e. The Morgan fingerprint density at radius 1 is 1.10 bits per heavy atom. The Morgan fingerprint density at radius 2 is 2.03 bits per heavy atom. The van der Waals surface area contributed by atoms with Gasteiger partial charge in [-0.2, -0.15) is 0 Å². The van der Waals surface area contributed by atoms with Gasteiger partial charge in [0, 0.05) is 36.6 Å². The zero-order chi connectivity index (χ0) is 19.8. The van der Waals surface area contributed by atoms with Gasteiger partial charge in [0.2, 0.25) is 5.95 Å². The quantitative estimate of drug-likeness (QED) is 0.513. The maximum Gasteiger partial charge on any atom is 0.227 e. The van der Waals surface area contributed by atoms with Gasteiger partial charge in [-0.1, -0.05) is 17.7 Å². The lowest BCUT2D eigenvalue weighted by molar-refractivity contribution is 0.639. The number of pyridine rings is 1. The van der Waals surface area contributed by atoms with E-state index < -0.39 is 0 Å². The van der Waals surface area contributed by atoms with Crippen molar-refractivity contribution in [3.8, 4) is 17.1 Å². The van der Waals surface area contributed by atoms with Crippen LogP contribution in [0.3, 0.4) is 0 Å². The number of benzene rings is 1. The molecule has 9 nitrogen and oxygen atoms in total. The van der Waals surface area contributed by atoms with Crippen LogP contribution in [-0.2, 0) is 7.05 Å². The van der Waals surface area contributed by atoms with Gasteiger partial charge in [-0.3, -0.25) is 9.55 Å². The van der Waals surface area contributed by atoms with Crippen LogP contribution in [0.1, 0.15) is 24.7 Å². The molecule has 1 aliphatic heterocycles. The molecule has 0 N–H and O–H groups in total. The molecule has 0 unspecified atom stereocenters. The molecule has 1 aliphatic rings. The first-order valence-electron chi connectivity index (χ1n) is 9.33.